The van der Waals surface area contributed by atoms with Crippen molar-refractivity contribution in [2.45, 2.75) is 13.8 Å². The number of anilines is 1. The Morgan fingerprint density at radius 2 is 1.89 bits per heavy atom. The van der Waals surface area contributed by atoms with Gasteiger partial charge in [-0.2, -0.15) is 0 Å². The summed E-state index contributed by atoms with van der Waals surface area (Å²) in [6.07, 6.45) is 0. The Kier molecular flexibility index (Phi) is 5.71. The summed E-state index contributed by atoms with van der Waals surface area (Å²) < 4.78 is 0.998. The Morgan fingerprint density at radius 3 is 2.57 bits per heavy atom. The minimum absolute atomic E-state index is 0.0680. The molecule has 1 amide bonds. The number of nitro benzene ring substituents is 1. The van der Waals surface area contributed by atoms with Crippen LogP contribution in [0.2, 0.25) is 0 Å². The van der Waals surface area contributed by atoms with Crippen LogP contribution in [-0.4, -0.2) is 47.9 Å². The van der Waals surface area contributed by atoms with Gasteiger partial charge < -0.3 is 4.90 Å². The zero-order valence-electron chi connectivity index (χ0n) is 16.3. The van der Waals surface area contributed by atoms with E-state index in [-0.39, 0.29) is 11.3 Å². The summed E-state index contributed by atoms with van der Waals surface area (Å²) in [5.41, 5.74) is 2.90. The number of nitrogens with zero attached hydrogens (tertiary/aromatic N) is 4. The third kappa shape index (κ3) is 4.02. The van der Waals surface area contributed by atoms with E-state index in [1.807, 2.05) is 38.9 Å². The number of aryl methyl sites for hydroxylation is 2. The molecule has 0 aliphatic heterocycles. The maximum atomic E-state index is 13.3. The summed E-state index contributed by atoms with van der Waals surface area (Å²) in [5.74, 6) is -0.414. The number of likely N-dealkylation sites (N-methyl/N-ethyl adjacent to an activating group) is 1. The summed E-state index contributed by atoms with van der Waals surface area (Å²) in [7, 11) is 3.83. The van der Waals surface area contributed by atoms with Gasteiger partial charge in [0.2, 0.25) is 0 Å². The van der Waals surface area contributed by atoms with Gasteiger partial charge in [-0.25, -0.2) is 4.98 Å². The van der Waals surface area contributed by atoms with E-state index in [0.717, 1.165) is 21.3 Å². The normalized spacial score (nSPS) is 11.2. The first-order valence-corrected chi connectivity index (χ1v) is 9.67. The third-order valence-electron chi connectivity index (χ3n) is 4.40. The molecule has 146 valence electrons. The van der Waals surface area contributed by atoms with Crippen molar-refractivity contribution in [3.05, 3.63) is 63.2 Å². The van der Waals surface area contributed by atoms with Gasteiger partial charge in [0.05, 0.1) is 15.1 Å². The van der Waals surface area contributed by atoms with Crippen molar-refractivity contribution in [3.8, 4) is 0 Å². The number of rotatable bonds is 6. The van der Waals surface area contributed by atoms with Gasteiger partial charge in [-0.3, -0.25) is 19.8 Å². The highest BCUT2D eigenvalue weighted by Crippen LogP contribution is 2.33. The lowest BCUT2D eigenvalue weighted by atomic mass is 10.1. The molecule has 3 rings (SSSR count). The van der Waals surface area contributed by atoms with Gasteiger partial charge in [0.1, 0.15) is 5.56 Å². The largest absolute Gasteiger partial charge is 0.308 e. The molecule has 0 saturated carbocycles. The Morgan fingerprint density at radius 1 is 1.18 bits per heavy atom. The van der Waals surface area contributed by atoms with Gasteiger partial charge in [0, 0.05) is 19.2 Å². The minimum Gasteiger partial charge on any atom is -0.308 e. The average Bonchev–Trinajstić information content (AvgIpc) is 3.05. The van der Waals surface area contributed by atoms with Crippen LogP contribution in [-0.2, 0) is 0 Å². The van der Waals surface area contributed by atoms with Gasteiger partial charge in [-0.1, -0.05) is 29.5 Å². The fraction of sp³-hybridized carbons (Fsp3) is 0.300. The van der Waals surface area contributed by atoms with Crippen molar-refractivity contribution in [2.75, 3.05) is 32.1 Å². The molecule has 0 unspecified atom stereocenters. The minimum atomic E-state index is -0.525. The molecule has 0 atom stereocenters. The lowest BCUT2D eigenvalue weighted by Gasteiger charge is -2.21. The molecule has 0 saturated heterocycles. The second kappa shape index (κ2) is 8.04. The number of hydrogen-bond acceptors (Lipinski definition) is 6. The molecular formula is C20H22N4O3S. The van der Waals surface area contributed by atoms with E-state index in [9.17, 15) is 14.9 Å². The number of thiazole rings is 1. The first kappa shape index (κ1) is 19.9. The number of fused-ring (bicyclic) bond motifs is 1. The number of para-hydroxylation sites is 1. The summed E-state index contributed by atoms with van der Waals surface area (Å²) in [6, 6.07) is 10.1. The zero-order valence-corrected chi connectivity index (χ0v) is 17.1. The van der Waals surface area contributed by atoms with E-state index >= 15 is 0 Å². The topological polar surface area (TPSA) is 79.6 Å². The van der Waals surface area contributed by atoms with Crippen LogP contribution < -0.4 is 4.90 Å². The van der Waals surface area contributed by atoms with E-state index in [4.69, 9.17) is 0 Å². The van der Waals surface area contributed by atoms with E-state index in [2.05, 4.69) is 11.1 Å². The zero-order chi connectivity index (χ0) is 20.4. The Balaban J connectivity index is 2.08. The van der Waals surface area contributed by atoms with Gasteiger partial charge in [0.15, 0.2) is 5.13 Å². The molecule has 1 aromatic heterocycles. The first-order valence-electron chi connectivity index (χ1n) is 8.85. The van der Waals surface area contributed by atoms with Crippen molar-refractivity contribution in [2.24, 2.45) is 0 Å². The first-order chi connectivity index (χ1) is 13.3. The highest BCUT2D eigenvalue weighted by molar-refractivity contribution is 7.22. The van der Waals surface area contributed by atoms with Crippen molar-refractivity contribution >= 4 is 38.3 Å². The Hall–Kier alpha value is -2.84. The Labute approximate surface area is 167 Å². The molecule has 28 heavy (non-hydrogen) atoms. The van der Waals surface area contributed by atoms with Crippen molar-refractivity contribution in [1.29, 1.82) is 0 Å². The van der Waals surface area contributed by atoms with Gasteiger partial charge in [0.25, 0.3) is 11.6 Å². The van der Waals surface area contributed by atoms with Crippen LogP contribution in [0, 0.1) is 24.0 Å². The van der Waals surface area contributed by atoms with Crippen molar-refractivity contribution in [3.63, 3.8) is 0 Å². The summed E-state index contributed by atoms with van der Waals surface area (Å²) in [5, 5.41) is 11.9. The molecule has 0 fully saturated rings. The SMILES string of the molecule is Cc1cc(C)c2nc(N(CCN(C)C)C(=O)c3ccccc3[N+](=O)[O-])sc2c1. The second-order valence-corrected chi connectivity index (χ2v) is 7.97. The van der Waals surface area contributed by atoms with E-state index in [1.165, 1.54) is 23.5 Å². The van der Waals surface area contributed by atoms with E-state index in [0.29, 0.717) is 18.2 Å². The molecule has 2 aromatic carbocycles. The van der Waals surface area contributed by atoms with Crippen LogP contribution in [0.25, 0.3) is 10.2 Å². The monoisotopic (exact) mass is 398 g/mol. The van der Waals surface area contributed by atoms with Crippen LogP contribution in [0.3, 0.4) is 0 Å². The number of aromatic nitrogens is 1. The predicted octanol–water partition coefficient (Wildman–Crippen LogP) is 4.03. The highest BCUT2D eigenvalue weighted by Gasteiger charge is 2.27. The maximum absolute atomic E-state index is 13.3. The lowest BCUT2D eigenvalue weighted by molar-refractivity contribution is -0.385. The number of carbonyl (C=O) groups is 1. The quantitative estimate of drug-likeness (QED) is 0.463. The standard InChI is InChI=1S/C20H22N4O3S/c1-13-11-14(2)18-17(12-13)28-20(21-18)23(10-9-22(3)4)19(25)15-7-5-6-8-16(15)24(26)27/h5-8,11-12H,9-10H2,1-4H3. The number of carbonyl (C=O) groups excluding carboxylic acids is 1. The average molecular weight is 398 g/mol. The van der Waals surface area contributed by atoms with Gasteiger partial charge in [-0.15, -0.1) is 0 Å². The fourth-order valence-electron chi connectivity index (χ4n) is 3.02. The van der Waals surface area contributed by atoms with Crippen LogP contribution in [0.5, 0.6) is 0 Å². The molecule has 0 aliphatic rings. The van der Waals surface area contributed by atoms with Crippen molar-refractivity contribution < 1.29 is 9.72 Å². The molecule has 0 radical (unpaired) electrons. The molecule has 0 aliphatic carbocycles. The maximum Gasteiger partial charge on any atom is 0.282 e. The number of amides is 1. The van der Waals surface area contributed by atoms with E-state index < -0.39 is 10.8 Å². The van der Waals surface area contributed by atoms with Crippen LogP contribution in [0.4, 0.5) is 10.8 Å². The number of nitro groups is 1. The molecule has 1 heterocycles. The van der Waals surface area contributed by atoms with Crippen LogP contribution in [0.15, 0.2) is 36.4 Å². The summed E-state index contributed by atoms with van der Waals surface area (Å²) in [4.78, 5) is 32.3. The molecule has 0 N–H and O–H groups in total. The Bertz CT molecular complexity index is 1050. The second-order valence-electron chi connectivity index (χ2n) is 6.96. The molecule has 0 bridgehead atoms. The van der Waals surface area contributed by atoms with Crippen LogP contribution in [0.1, 0.15) is 21.5 Å². The summed E-state index contributed by atoms with van der Waals surface area (Å²) in [6.45, 7) is 5.01. The molecule has 8 heteroatoms. The smallest absolute Gasteiger partial charge is 0.282 e. The molecule has 7 nitrogen and oxygen atoms in total. The highest BCUT2D eigenvalue weighted by atomic mass is 32.1. The molecular weight excluding hydrogens is 376 g/mol. The van der Waals surface area contributed by atoms with Gasteiger partial charge in [-0.05, 0) is 51.2 Å². The molecule has 0 spiro atoms. The summed E-state index contributed by atoms with van der Waals surface area (Å²) >= 11 is 1.43. The predicted molar refractivity (Wildman–Crippen MR) is 112 cm³/mol. The van der Waals surface area contributed by atoms with Gasteiger partial charge >= 0.3 is 0 Å². The third-order valence-corrected chi connectivity index (χ3v) is 5.42. The number of hydrogen-bond donors (Lipinski definition) is 0. The van der Waals surface area contributed by atoms with Crippen molar-refractivity contribution in [1.82, 2.24) is 9.88 Å². The molecule has 3 aromatic rings. The fourth-order valence-corrected chi connectivity index (χ4v) is 4.18. The lowest BCUT2D eigenvalue weighted by Crippen LogP contribution is -2.37. The van der Waals surface area contributed by atoms with E-state index in [1.54, 1.807) is 17.0 Å². The van der Waals surface area contributed by atoms with Crippen LogP contribution >= 0.6 is 11.3 Å². The number of benzene rings is 2.